The molecule has 0 bridgehead atoms. The first-order valence-corrected chi connectivity index (χ1v) is 4.57. The van der Waals surface area contributed by atoms with Crippen LogP contribution in [0.3, 0.4) is 0 Å². The summed E-state index contributed by atoms with van der Waals surface area (Å²) < 4.78 is 14.7. The molecule has 2 N–H and O–H groups in total. The van der Waals surface area contributed by atoms with Crippen LogP contribution in [0.2, 0.25) is 0 Å². The van der Waals surface area contributed by atoms with Crippen LogP contribution in [0.5, 0.6) is 0 Å². The van der Waals surface area contributed by atoms with E-state index in [2.05, 4.69) is 4.98 Å². The van der Waals surface area contributed by atoms with Crippen molar-refractivity contribution in [1.82, 2.24) is 9.38 Å². The molecule has 0 spiro atoms. The van der Waals surface area contributed by atoms with Crippen LogP contribution in [0, 0.1) is 12.7 Å². The first kappa shape index (κ1) is 10.5. The minimum atomic E-state index is -0.386. The van der Waals surface area contributed by atoms with Crippen LogP contribution >= 0.6 is 0 Å². The van der Waals surface area contributed by atoms with Crippen molar-refractivity contribution >= 4 is 11.3 Å². The number of hydrogen-bond donors (Lipinski definition) is 1. The number of aromatic nitrogens is 2. The van der Waals surface area contributed by atoms with Gasteiger partial charge in [-0.3, -0.25) is 0 Å². The van der Waals surface area contributed by atoms with E-state index in [9.17, 15) is 4.39 Å². The maximum absolute atomic E-state index is 13.1. The Hall–Kier alpha value is -1.58. The van der Waals surface area contributed by atoms with Gasteiger partial charge < -0.3 is 10.1 Å². The third-order valence-corrected chi connectivity index (χ3v) is 1.65. The molecule has 3 nitrogen and oxygen atoms in total. The number of pyridine rings is 1. The molecule has 0 atom stereocenters. The monoisotopic (exact) mass is 195 g/mol. The maximum atomic E-state index is 13.1. The Morgan fingerprint density at radius 3 is 2.64 bits per heavy atom. The highest BCUT2D eigenvalue weighted by molar-refractivity contribution is 5.49. The molecule has 76 valence electrons. The van der Waals surface area contributed by atoms with E-state index in [-0.39, 0.29) is 5.82 Å². The highest BCUT2D eigenvalue weighted by Gasteiger charge is 2.04. The number of fused-ring (bicyclic) bond motifs is 1. The normalized spacial score (nSPS) is 9.71. The third-order valence-electron chi connectivity index (χ3n) is 1.65. The van der Waals surface area contributed by atoms with Gasteiger partial charge >= 0.3 is 0 Å². The van der Waals surface area contributed by atoms with Crippen LogP contribution in [0.4, 0.5) is 10.1 Å². The summed E-state index contributed by atoms with van der Waals surface area (Å²) in [4.78, 5) is 3.99. The third kappa shape index (κ3) is 1.84. The lowest BCUT2D eigenvalue weighted by atomic mass is 10.4. The molecule has 0 amide bonds. The summed E-state index contributed by atoms with van der Waals surface area (Å²) in [5.74, 6) is -0.386. The minimum Gasteiger partial charge on any atom is -0.397 e. The number of nitrogen functional groups attached to an aromatic ring is 1. The average Bonchev–Trinajstić information content (AvgIpc) is 2.49. The van der Waals surface area contributed by atoms with Crippen molar-refractivity contribution < 1.29 is 4.39 Å². The molecule has 0 unspecified atom stereocenters. The lowest BCUT2D eigenvalue weighted by Gasteiger charge is -1.96. The first-order chi connectivity index (χ1) is 6.66. The van der Waals surface area contributed by atoms with Crippen LogP contribution in [-0.4, -0.2) is 9.38 Å². The molecule has 0 aliphatic carbocycles. The number of rotatable bonds is 0. The number of halogens is 1. The Bertz CT molecular complexity index is 434. The molecular weight excluding hydrogens is 181 g/mol. The molecule has 0 fully saturated rings. The van der Waals surface area contributed by atoms with Gasteiger partial charge in [0.2, 0.25) is 0 Å². The molecule has 0 aliphatic rings. The van der Waals surface area contributed by atoms with E-state index in [0.29, 0.717) is 11.3 Å². The molecule has 2 aromatic heterocycles. The second-order valence-electron chi connectivity index (χ2n) is 2.73. The molecule has 0 saturated heterocycles. The smallest absolute Gasteiger partial charge is 0.173 e. The number of nitrogens with two attached hydrogens (primary N) is 1. The van der Waals surface area contributed by atoms with E-state index in [1.54, 1.807) is 16.8 Å². The van der Waals surface area contributed by atoms with Gasteiger partial charge in [-0.25, -0.2) is 9.37 Å². The van der Waals surface area contributed by atoms with E-state index in [4.69, 9.17) is 5.73 Å². The Morgan fingerprint density at radius 2 is 2.00 bits per heavy atom. The summed E-state index contributed by atoms with van der Waals surface area (Å²) in [6.45, 7) is 5.81. The highest BCUT2D eigenvalue weighted by Crippen LogP contribution is 2.12. The van der Waals surface area contributed by atoms with E-state index in [0.717, 1.165) is 5.69 Å². The van der Waals surface area contributed by atoms with Gasteiger partial charge in [0.1, 0.15) is 0 Å². The Kier molecular flexibility index (Phi) is 3.06. The van der Waals surface area contributed by atoms with E-state index < -0.39 is 0 Å². The lowest BCUT2D eigenvalue weighted by molar-refractivity contribution is 0.630. The van der Waals surface area contributed by atoms with E-state index >= 15 is 0 Å². The SMILES string of the molecule is CC.Cc1cn2cc(N)cc(F)c2n1. The number of imidazole rings is 1. The van der Waals surface area contributed by atoms with Gasteiger partial charge in [0.05, 0.1) is 11.4 Å². The van der Waals surface area contributed by atoms with Crippen molar-refractivity contribution in [3.8, 4) is 0 Å². The zero-order chi connectivity index (χ0) is 10.7. The second kappa shape index (κ2) is 4.09. The fourth-order valence-electron chi connectivity index (χ4n) is 1.20. The van der Waals surface area contributed by atoms with Crippen molar-refractivity contribution in [2.75, 3.05) is 5.73 Å². The number of aryl methyl sites for hydroxylation is 1. The zero-order valence-corrected chi connectivity index (χ0v) is 8.58. The van der Waals surface area contributed by atoms with Gasteiger partial charge in [0.25, 0.3) is 0 Å². The predicted molar refractivity (Wildman–Crippen MR) is 55.6 cm³/mol. The largest absolute Gasteiger partial charge is 0.397 e. The molecule has 2 heterocycles. The maximum Gasteiger partial charge on any atom is 0.173 e. The molecule has 2 aromatic rings. The fourth-order valence-corrected chi connectivity index (χ4v) is 1.20. The summed E-state index contributed by atoms with van der Waals surface area (Å²) in [6, 6.07) is 1.27. The molecule has 0 aliphatic heterocycles. The first-order valence-electron chi connectivity index (χ1n) is 4.57. The number of anilines is 1. The summed E-state index contributed by atoms with van der Waals surface area (Å²) in [7, 11) is 0. The summed E-state index contributed by atoms with van der Waals surface area (Å²) >= 11 is 0. The summed E-state index contributed by atoms with van der Waals surface area (Å²) in [6.07, 6.45) is 3.37. The zero-order valence-electron chi connectivity index (χ0n) is 8.58. The summed E-state index contributed by atoms with van der Waals surface area (Å²) in [5, 5.41) is 0. The van der Waals surface area contributed by atoms with Crippen LogP contribution < -0.4 is 5.73 Å². The quantitative estimate of drug-likeness (QED) is 0.701. The lowest BCUT2D eigenvalue weighted by Crippen LogP contribution is -1.92. The van der Waals surface area contributed by atoms with Gasteiger partial charge in [0.15, 0.2) is 11.5 Å². The van der Waals surface area contributed by atoms with Gasteiger partial charge in [-0.2, -0.15) is 0 Å². The number of hydrogen-bond acceptors (Lipinski definition) is 2. The predicted octanol–water partition coefficient (Wildman–Crippen LogP) is 2.39. The van der Waals surface area contributed by atoms with Gasteiger partial charge in [0, 0.05) is 18.5 Å². The van der Waals surface area contributed by atoms with Crippen molar-refractivity contribution in [2.45, 2.75) is 20.8 Å². The molecule has 14 heavy (non-hydrogen) atoms. The van der Waals surface area contributed by atoms with Crippen LogP contribution in [0.25, 0.3) is 5.65 Å². The molecule has 4 heteroatoms. The van der Waals surface area contributed by atoms with Crippen LogP contribution in [0.15, 0.2) is 18.5 Å². The van der Waals surface area contributed by atoms with E-state index in [1.165, 1.54) is 6.07 Å². The molecule has 0 radical (unpaired) electrons. The molecule has 2 rings (SSSR count). The van der Waals surface area contributed by atoms with Gasteiger partial charge in [-0.1, -0.05) is 13.8 Å². The van der Waals surface area contributed by atoms with Crippen molar-refractivity contribution in [1.29, 1.82) is 0 Å². The average molecular weight is 195 g/mol. The number of nitrogens with zero attached hydrogens (tertiary/aromatic N) is 2. The standard InChI is InChI=1S/C8H8FN3.C2H6/c1-5-3-12-4-6(10)2-7(9)8(12)11-5;1-2/h2-4H,10H2,1H3;1-2H3. The van der Waals surface area contributed by atoms with Gasteiger partial charge in [-0.05, 0) is 6.92 Å². The molecule has 0 aromatic carbocycles. The minimum absolute atomic E-state index is 0.321. The highest BCUT2D eigenvalue weighted by atomic mass is 19.1. The second-order valence-corrected chi connectivity index (χ2v) is 2.73. The Labute approximate surface area is 82.4 Å². The van der Waals surface area contributed by atoms with Crippen molar-refractivity contribution in [3.05, 3.63) is 30.0 Å². The molecule has 0 saturated carbocycles. The van der Waals surface area contributed by atoms with Gasteiger partial charge in [-0.15, -0.1) is 0 Å². The van der Waals surface area contributed by atoms with Crippen molar-refractivity contribution in [2.24, 2.45) is 0 Å². The molecular formula is C10H14FN3. The summed E-state index contributed by atoms with van der Waals surface area (Å²) in [5.41, 5.74) is 6.94. The van der Waals surface area contributed by atoms with Crippen molar-refractivity contribution in [3.63, 3.8) is 0 Å². The fraction of sp³-hybridized carbons (Fsp3) is 0.300. The Balaban J connectivity index is 0.000000461. The Morgan fingerprint density at radius 1 is 1.36 bits per heavy atom. The van der Waals surface area contributed by atoms with E-state index in [1.807, 2.05) is 20.8 Å². The van der Waals surface area contributed by atoms with Crippen LogP contribution in [-0.2, 0) is 0 Å². The topological polar surface area (TPSA) is 43.3 Å². The van der Waals surface area contributed by atoms with Crippen LogP contribution in [0.1, 0.15) is 19.5 Å².